The molecule has 1 fully saturated rings. The molecule has 1 aliphatic rings. The van der Waals surface area contributed by atoms with Crippen LogP contribution >= 0.6 is 11.3 Å². The van der Waals surface area contributed by atoms with Gasteiger partial charge >= 0.3 is 5.97 Å². The molecule has 0 atom stereocenters. The first-order chi connectivity index (χ1) is 12.7. The summed E-state index contributed by atoms with van der Waals surface area (Å²) >= 11 is 1.53. The smallest absolute Gasteiger partial charge is 0.310 e. The van der Waals surface area contributed by atoms with E-state index in [4.69, 9.17) is 4.74 Å². The molecule has 1 aromatic heterocycles. The van der Waals surface area contributed by atoms with Gasteiger partial charge in [-0.1, -0.05) is 12.8 Å². The van der Waals surface area contributed by atoms with Crippen LogP contribution in [0.1, 0.15) is 31.2 Å². The minimum absolute atomic E-state index is 0.196. The number of anilines is 2. The normalized spacial score (nSPS) is 14.5. The lowest BCUT2D eigenvalue weighted by Gasteiger charge is -2.22. The summed E-state index contributed by atoms with van der Waals surface area (Å²) in [5, 5.41) is 6.57. The highest BCUT2D eigenvalue weighted by atomic mass is 32.1. The molecule has 1 N–H and O–H groups in total. The molecule has 6 heteroatoms. The molecular formula is C20H24N2O3S. The van der Waals surface area contributed by atoms with Crippen molar-refractivity contribution in [3.8, 4) is 0 Å². The summed E-state index contributed by atoms with van der Waals surface area (Å²) in [6.45, 7) is 1.91. The molecule has 0 radical (unpaired) electrons. The first kappa shape index (κ1) is 18.5. The lowest BCUT2D eigenvalue weighted by atomic mass is 10.2. The molecular weight excluding hydrogens is 348 g/mol. The van der Waals surface area contributed by atoms with Crippen LogP contribution in [0.15, 0.2) is 41.1 Å². The van der Waals surface area contributed by atoms with Crippen molar-refractivity contribution in [2.75, 3.05) is 29.9 Å². The molecule has 0 aliphatic carbocycles. The summed E-state index contributed by atoms with van der Waals surface area (Å²) < 4.78 is 5.03. The van der Waals surface area contributed by atoms with E-state index in [1.807, 2.05) is 41.1 Å². The van der Waals surface area contributed by atoms with Crippen LogP contribution < -0.4 is 10.2 Å². The van der Waals surface area contributed by atoms with E-state index in [9.17, 15) is 9.59 Å². The van der Waals surface area contributed by atoms with Crippen molar-refractivity contribution in [3.05, 3.63) is 46.7 Å². The number of carbonyl (C=O) groups excluding carboxylic acids is 2. The Labute approximate surface area is 158 Å². The number of hydrogen-bond acceptors (Lipinski definition) is 5. The van der Waals surface area contributed by atoms with Gasteiger partial charge in [0.05, 0.1) is 6.42 Å². The highest BCUT2D eigenvalue weighted by Gasteiger charge is 2.11. The average Bonchev–Trinajstić information content (AvgIpc) is 3.00. The van der Waals surface area contributed by atoms with Crippen molar-refractivity contribution < 1.29 is 14.3 Å². The molecule has 1 saturated heterocycles. The number of carbonyl (C=O) groups is 2. The van der Waals surface area contributed by atoms with Crippen LogP contribution in [0.3, 0.4) is 0 Å². The van der Waals surface area contributed by atoms with Crippen molar-refractivity contribution in [1.82, 2.24) is 0 Å². The van der Waals surface area contributed by atoms with Crippen LogP contribution in [0.25, 0.3) is 0 Å². The van der Waals surface area contributed by atoms with Gasteiger partial charge in [0, 0.05) is 24.5 Å². The third-order valence-electron chi connectivity index (χ3n) is 4.42. The van der Waals surface area contributed by atoms with Gasteiger partial charge in [-0.3, -0.25) is 9.59 Å². The predicted octanol–water partition coefficient (Wildman–Crippen LogP) is 3.85. The molecule has 1 aromatic carbocycles. The fourth-order valence-corrected chi connectivity index (χ4v) is 3.71. The van der Waals surface area contributed by atoms with Gasteiger partial charge in [0.25, 0.3) is 5.91 Å². The number of esters is 1. The van der Waals surface area contributed by atoms with Crippen molar-refractivity contribution in [2.24, 2.45) is 0 Å². The van der Waals surface area contributed by atoms with Crippen molar-refractivity contribution in [2.45, 2.75) is 32.1 Å². The number of benzene rings is 1. The summed E-state index contributed by atoms with van der Waals surface area (Å²) in [6, 6.07) is 9.72. The summed E-state index contributed by atoms with van der Waals surface area (Å²) in [5.74, 6) is -0.721. The number of ether oxygens (including phenoxy) is 1. The third-order valence-corrected chi connectivity index (χ3v) is 5.15. The van der Waals surface area contributed by atoms with Crippen molar-refractivity contribution >= 4 is 34.6 Å². The Morgan fingerprint density at radius 1 is 1.04 bits per heavy atom. The average molecular weight is 372 g/mol. The van der Waals surface area contributed by atoms with E-state index >= 15 is 0 Å². The predicted molar refractivity (Wildman–Crippen MR) is 105 cm³/mol. The van der Waals surface area contributed by atoms with E-state index in [1.165, 1.54) is 42.7 Å². The SMILES string of the molecule is O=C(COC(=O)Cc1ccsc1)Nc1ccc(N2CCCCCC2)cc1. The number of nitrogens with one attached hydrogen (secondary N) is 1. The number of rotatable bonds is 6. The van der Waals surface area contributed by atoms with Gasteiger partial charge < -0.3 is 15.0 Å². The number of nitrogens with zero attached hydrogens (tertiary/aromatic N) is 1. The summed E-state index contributed by atoms with van der Waals surface area (Å²) in [6.07, 6.45) is 5.26. The Bertz CT molecular complexity index is 705. The minimum atomic E-state index is -0.393. The van der Waals surface area contributed by atoms with E-state index in [1.54, 1.807) is 0 Å². The molecule has 3 rings (SSSR count). The van der Waals surface area contributed by atoms with E-state index in [-0.39, 0.29) is 18.9 Å². The van der Waals surface area contributed by atoms with Crippen LogP contribution in [0.5, 0.6) is 0 Å². The molecule has 2 heterocycles. The molecule has 0 saturated carbocycles. The number of thiophene rings is 1. The van der Waals surface area contributed by atoms with Crippen LogP contribution in [0, 0.1) is 0 Å². The maximum absolute atomic E-state index is 12.0. The summed E-state index contributed by atoms with van der Waals surface area (Å²) in [4.78, 5) is 26.1. The van der Waals surface area contributed by atoms with Crippen LogP contribution in [-0.4, -0.2) is 31.6 Å². The Balaban J connectivity index is 1.44. The minimum Gasteiger partial charge on any atom is -0.455 e. The first-order valence-corrected chi connectivity index (χ1v) is 9.96. The largest absolute Gasteiger partial charge is 0.455 e. The Morgan fingerprint density at radius 2 is 1.77 bits per heavy atom. The lowest BCUT2D eigenvalue weighted by molar-refractivity contribution is -0.146. The Kier molecular flexibility index (Phi) is 6.66. The molecule has 5 nitrogen and oxygen atoms in total. The summed E-state index contributed by atoms with van der Waals surface area (Å²) in [7, 11) is 0. The van der Waals surface area contributed by atoms with Gasteiger partial charge in [-0.15, -0.1) is 0 Å². The highest BCUT2D eigenvalue weighted by Crippen LogP contribution is 2.21. The van der Waals surface area contributed by atoms with E-state index in [0.717, 1.165) is 18.7 Å². The highest BCUT2D eigenvalue weighted by molar-refractivity contribution is 7.07. The maximum Gasteiger partial charge on any atom is 0.310 e. The number of amides is 1. The van der Waals surface area contributed by atoms with Crippen molar-refractivity contribution in [1.29, 1.82) is 0 Å². The third kappa shape index (κ3) is 5.59. The van der Waals surface area contributed by atoms with Crippen LogP contribution in [-0.2, 0) is 20.7 Å². The maximum atomic E-state index is 12.0. The topological polar surface area (TPSA) is 58.6 Å². The second-order valence-electron chi connectivity index (χ2n) is 6.47. The summed E-state index contributed by atoms with van der Waals surface area (Å²) in [5.41, 5.74) is 2.80. The fraction of sp³-hybridized carbons (Fsp3) is 0.400. The Morgan fingerprint density at radius 3 is 2.42 bits per heavy atom. The second kappa shape index (κ2) is 9.38. The quantitative estimate of drug-likeness (QED) is 0.783. The standard InChI is InChI=1S/C20H24N2O3S/c23-19(14-25-20(24)13-16-9-12-26-15-16)21-17-5-7-18(8-6-17)22-10-3-1-2-4-11-22/h5-9,12,15H,1-4,10-11,13-14H2,(H,21,23). The van der Waals surface area contributed by atoms with Gasteiger partial charge in [0.15, 0.2) is 6.61 Å². The van der Waals surface area contributed by atoms with Crippen molar-refractivity contribution in [3.63, 3.8) is 0 Å². The molecule has 0 spiro atoms. The van der Waals surface area contributed by atoms with Gasteiger partial charge in [-0.2, -0.15) is 11.3 Å². The van der Waals surface area contributed by atoms with E-state index in [0.29, 0.717) is 5.69 Å². The molecule has 1 aliphatic heterocycles. The van der Waals surface area contributed by atoms with E-state index in [2.05, 4.69) is 10.2 Å². The van der Waals surface area contributed by atoms with Crippen LogP contribution in [0.4, 0.5) is 11.4 Å². The molecule has 138 valence electrons. The Hall–Kier alpha value is -2.34. The second-order valence-corrected chi connectivity index (χ2v) is 7.25. The van der Waals surface area contributed by atoms with Crippen LogP contribution in [0.2, 0.25) is 0 Å². The number of hydrogen-bond donors (Lipinski definition) is 1. The molecule has 2 aromatic rings. The lowest BCUT2D eigenvalue weighted by Crippen LogP contribution is -2.24. The van der Waals surface area contributed by atoms with Gasteiger partial charge in [0.1, 0.15) is 0 Å². The van der Waals surface area contributed by atoms with Gasteiger partial charge in [-0.05, 0) is 59.5 Å². The zero-order chi connectivity index (χ0) is 18.2. The van der Waals surface area contributed by atoms with Gasteiger partial charge in [0.2, 0.25) is 0 Å². The molecule has 0 unspecified atom stereocenters. The van der Waals surface area contributed by atoms with E-state index < -0.39 is 5.97 Å². The van der Waals surface area contributed by atoms with Gasteiger partial charge in [-0.25, -0.2) is 0 Å². The molecule has 26 heavy (non-hydrogen) atoms. The molecule has 0 bridgehead atoms. The zero-order valence-electron chi connectivity index (χ0n) is 14.8. The first-order valence-electron chi connectivity index (χ1n) is 9.02. The molecule has 1 amide bonds. The fourth-order valence-electron chi connectivity index (χ4n) is 3.04. The zero-order valence-corrected chi connectivity index (χ0v) is 15.6. The monoisotopic (exact) mass is 372 g/mol.